The zero-order valence-electron chi connectivity index (χ0n) is 10.3. The first-order chi connectivity index (χ1) is 8.72. The second kappa shape index (κ2) is 8.20. The maximum absolute atomic E-state index is 8.67. The highest BCUT2D eigenvalue weighted by Crippen LogP contribution is 2.25. The van der Waals surface area contributed by atoms with Crippen molar-refractivity contribution in [3.8, 4) is 6.07 Å². The minimum atomic E-state index is 0.398. The molecule has 0 fully saturated rings. The topological polar surface area (TPSA) is 36.3 Å². The number of nitrogens with zero attached hydrogens (tertiary/aromatic N) is 2. The summed E-state index contributed by atoms with van der Waals surface area (Å²) in [6, 6.07) is 7.91. The molecule has 0 atom stereocenters. The van der Waals surface area contributed by atoms with Crippen LogP contribution in [0.15, 0.2) is 18.2 Å². The van der Waals surface area contributed by atoms with E-state index >= 15 is 0 Å². The standard InChI is InChI=1S/C13H16Cl2N2O/c1-18-8-7-17(6-2-5-16)12-4-3-11(10-14)13(15)9-12/h3-4,9H,2,6-8,10H2,1H3. The van der Waals surface area contributed by atoms with Gasteiger partial charge in [-0.2, -0.15) is 5.26 Å². The van der Waals surface area contributed by atoms with Gasteiger partial charge in [-0.1, -0.05) is 17.7 Å². The van der Waals surface area contributed by atoms with Crippen LogP contribution in [0, 0.1) is 11.3 Å². The summed E-state index contributed by atoms with van der Waals surface area (Å²) in [5.74, 6) is 0.398. The quantitative estimate of drug-likeness (QED) is 0.721. The summed E-state index contributed by atoms with van der Waals surface area (Å²) in [4.78, 5) is 2.08. The van der Waals surface area contributed by atoms with Crippen LogP contribution in [0.1, 0.15) is 12.0 Å². The molecular weight excluding hydrogens is 271 g/mol. The third-order valence-electron chi connectivity index (χ3n) is 2.60. The number of ether oxygens (including phenoxy) is 1. The predicted molar refractivity (Wildman–Crippen MR) is 75.3 cm³/mol. The summed E-state index contributed by atoms with van der Waals surface area (Å²) in [5.41, 5.74) is 1.90. The molecule has 0 amide bonds. The van der Waals surface area contributed by atoms with Crippen molar-refractivity contribution in [2.45, 2.75) is 12.3 Å². The van der Waals surface area contributed by atoms with Gasteiger partial charge in [-0.3, -0.25) is 0 Å². The van der Waals surface area contributed by atoms with Gasteiger partial charge in [0.05, 0.1) is 19.1 Å². The van der Waals surface area contributed by atoms with E-state index in [0.717, 1.165) is 17.8 Å². The molecule has 98 valence electrons. The minimum Gasteiger partial charge on any atom is -0.383 e. The fraction of sp³-hybridized carbons (Fsp3) is 0.462. The van der Waals surface area contributed by atoms with Crippen molar-refractivity contribution < 1.29 is 4.74 Å². The zero-order chi connectivity index (χ0) is 13.4. The first-order valence-corrected chi connectivity index (χ1v) is 6.59. The van der Waals surface area contributed by atoms with Crippen molar-refractivity contribution in [1.82, 2.24) is 0 Å². The molecule has 0 radical (unpaired) electrons. The molecule has 0 saturated heterocycles. The van der Waals surface area contributed by atoms with Crippen LogP contribution in [-0.4, -0.2) is 26.8 Å². The van der Waals surface area contributed by atoms with Gasteiger partial charge in [-0.05, 0) is 17.7 Å². The van der Waals surface area contributed by atoms with E-state index in [1.54, 1.807) is 7.11 Å². The fourth-order valence-electron chi connectivity index (χ4n) is 1.60. The number of methoxy groups -OCH3 is 1. The maximum Gasteiger partial charge on any atom is 0.0640 e. The number of alkyl halides is 1. The number of hydrogen-bond donors (Lipinski definition) is 0. The summed E-state index contributed by atoms with van der Waals surface area (Å²) >= 11 is 11.9. The van der Waals surface area contributed by atoms with E-state index in [4.69, 9.17) is 33.2 Å². The SMILES string of the molecule is COCCN(CCC#N)c1ccc(CCl)c(Cl)c1. The van der Waals surface area contributed by atoms with Crippen LogP contribution in [0.3, 0.4) is 0 Å². The van der Waals surface area contributed by atoms with Crippen molar-refractivity contribution in [3.05, 3.63) is 28.8 Å². The molecule has 0 N–H and O–H groups in total. The lowest BCUT2D eigenvalue weighted by molar-refractivity contribution is 0.205. The smallest absolute Gasteiger partial charge is 0.0640 e. The minimum absolute atomic E-state index is 0.398. The Labute approximate surface area is 118 Å². The third kappa shape index (κ3) is 4.38. The number of anilines is 1. The molecular formula is C13H16Cl2N2O. The first-order valence-electron chi connectivity index (χ1n) is 5.68. The van der Waals surface area contributed by atoms with Crippen molar-refractivity contribution >= 4 is 28.9 Å². The molecule has 1 aromatic carbocycles. The van der Waals surface area contributed by atoms with Gasteiger partial charge >= 0.3 is 0 Å². The molecule has 18 heavy (non-hydrogen) atoms. The summed E-state index contributed by atoms with van der Waals surface area (Å²) < 4.78 is 5.07. The number of halogens is 2. The maximum atomic E-state index is 8.67. The lowest BCUT2D eigenvalue weighted by Crippen LogP contribution is -2.28. The Morgan fingerprint density at radius 3 is 2.72 bits per heavy atom. The molecule has 0 aromatic heterocycles. The van der Waals surface area contributed by atoms with Crippen molar-refractivity contribution in [1.29, 1.82) is 5.26 Å². The molecule has 0 aliphatic heterocycles. The Kier molecular flexibility index (Phi) is 6.89. The van der Waals surface area contributed by atoms with Gasteiger partial charge in [0.1, 0.15) is 0 Å². The van der Waals surface area contributed by atoms with Crippen molar-refractivity contribution in [2.24, 2.45) is 0 Å². The van der Waals surface area contributed by atoms with Gasteiger partial charge in [-0.25, -0.2) is 0 Å². The number of benzene rings is 1. The van der Waals surface area contributed by atoms with Crippen LogP contribution in [0.4, 0.5) is 5.69 Å². The molecule has 0 saturated carbocycles. The Hall–Kier alpha value is -0.950. The van der Waals surface area contributed by atoms with Crippen LogP contribution >= 0.6 is 23.2 Å². The molecule has 0 aliphatic rings. The summed E-state index contributed by atoms with van der Waals surface area (Å²) in [6.07, 6.45) is 0.471. The Bertz CT molecular complexity index is 418. The van der Waals surface area contributed by atoms with E-state index in [-0.39, 0.29) is 0 Å². The highest BCUT2D eigenvalue weighted by atomic mass is 35.5. The second-order valence-electron chi connectivity index (χ2n) is 3.80. The molecule has 0 aliphatic carbocycles. The highest BCUT2D eigenvalue weighted by molar-refractivity contribution is 6.32. The molecule has 0 spiro atoms. The molecule has 1 aromatic rings. The fourth-order valence-corrected chi connectivity index (χ4v) is 2.14. The number of nitriles is 1. The average molecular weight is 287 g/mol. The van der Waals surface area contributed by atoms with Crippen LogP contribution < -0.4 is 4.90 Å². The largest absolute Gasteiger partial charge is 0.383 e. The normalized spacial score (nSPS) is 10.1. The first kappa shape index (κ1) is 15.1. The van der Waals surface area contributed by atoms with Crippen molar-refractivity contribution in [2.75, 3.05) is 31.7 Å². The van der Waals surface area contributed by atoms with E-state index in [2.05, 4.69) is 11.0 Å². The van der Waals surface area contributed by atoms with Crippen molar-refractivity contribution in [3.63, 3.8) is 0 Å². The van der Waals surface area contributed by atoms with E-state index in [9.17, 15) is 0 Å². The summed E-state index contributed by atoms with van der Waals surface area (Å²) in [6.45, 7) is 2.01. The average Bonchev–Trinajstić information content (AvgIpc) is 2.39. The number of hydrogen-bond acceptors (Lipinski definition) is 3. The van der Waals surface area contributed by atoms with E-state index in [0.29, 0.717) is 30.5 Å². The molecule has 0 unspecified atom stereocenters. The molecule has 0 heterocycles. The van der Waals surface area contributed by atoms with Gasteiger partial charge in [0.15, 0.2) is 0 Å². The summed E-state index contributed by atoms with van der Waals surface area (Å²) in [7, 11) is 1.66. The van der Waals surface area contributed by atoms with Crippen LogP contribution in [0.2, 0.25) is 5.02 Å². The zero-order valence-corrected chi connectivity index (χ0v) is 11.8. The Morgan fingerprint density at radius 2 is 2.17 bits per heavy atom. The second-order valence-corrected chi connectivity index (χ2v) is 4.47. The molecule has 1 rings (SSSR count). The van der Waals surface area contributed by atoms with Crippen LogP contribution in [0.25, 0.3) is 0 Å². The van der Waals surface area contributed by atoms with Crippen LogP contribution in [-0.2, 0) is 10.6 Å². The highest BCUT2D eigenvalue weighted by Gasteiger charge is 2.08. The third-order valence-corrected chi connectivity index (χ3v) is 3.24. The Balaban J connectivity index is 2.83. The van der Waals surface area contributed by atoms with Gasteiger partial charge in [0, 0.05) is 36.8 Å². The van der Waals surface area contributed by atoms with Gasteiger partial charge in [-0.15, -0.1) is 11.6 Å². The van der Waals surface area contributed by atoms with E-state index in [1.807, 2.05) is 18.2 Å². The molecule has 0 bridgehead atoms. The van der Waals surface area contributed by atoms with Gasteiger partial charge in [0.2, 0.25) is 0 Å². The van der Waals surface area contributed by atoms with Gasteiger partial charge in [0.25, 0.3) is 0 Å². The van der Waals surface area contributed by atoms with Gasteiger partial charge < -0.3 is 9.64 Å². The monoisotopic (exact) mass is 286 g/mol. The van der Waals surface area contributed by atoms with E-state index in [1.165, 1.54) is 0 Å². The van der Waals surface area contributed by atoms with E-state index < -0.39 is 0 Å². The Morgan fingerprint density at radius 1 is 1.39 bits per heavy atom. The molecule has 3 nitrogen and oxygen atoms in total. The molecule has 5 heteroatoms. The number of rotatable bonds is 7. The summed E-state index contributed by atoms with van der Waals surface area (Å²) in [5, 5.41) is 9.33. The van der Waals surface area contributed by atoms with Crippen LogP contribution in [0.5, 0.6) is 0 Å². The lowest BCUT2D eigenvalue weighted by Gasteiger charge is -2.24. The lowest BCUT2D eigenvalue weighted by atomic mass is 10.2. The predicted octanol–water partition coefficient (Wildman–Crippen LogP) is 3.45.